The largest absolute Gasteiger partial charge is 0.351 e. The van der Waals surface area contributed by atoms with Gasteiger partial charge in [-0.15, -0.1) is 12.4 Å². The molecule has 0 heterocycles. The zero-order valence-electron chi connectivity index (χ0n) is 14.0. The smallest absolute Gasteiger partial charge is 0.230 e. The van der Waals surface area contributed by atoms with E-state index in [1.54, 1.807) is 12.1 Å². The van der Waals surface area contributed by atoms with Crippen molar-refractivity contribution in [3.63, 3.8) is 0 Å². The molecule has 1 aromatic carbocycles. The Morgan fingerprint density at radius 3 is 2.35 bits per heavy atom. The summed E-state index contributed by atoms with van der Waals surface area (Å²) in [7, 11) is 0. The molecule has 0 aromatic heterocycles. The number of carbonyl (C=O) groups excluding carboxylic acids is 1. The van der Waals surface area contributed by atoms with Crippen LogP contribution >= 0.6 is 12.4 Å². The average Bonchev–Trinajstić information content (AvgIpc) is 2.53. The minimum absolute atomic E-state index is 0. The van der Waals surface area contributed by atoms with E-state index in [0.717, 1.165) is 18.4 Å². The lowest BCUT2D eigenvalue weighted by atomic mass is 9.81. The zero-order valence-corrected chi connectivity index (χ0v) is 14.8. The van der Waals surface area contributed by atoms with Crippen LogP contribution in [0.2, 0.25) is 0 Å². The molecule has 1 atom stereocenters. The van der Waals surface area contributed by atoms with Crippen molar-refractivity contribution < 1.29 is 9.18 Å². The Kier molecular flexibility index (Phi) is 7.49. The molecule has 0 radical (unpaired) electrons. The average molecular weight is 343 g/mol. The van der Waals surface area contributed by atoms with Crippen LogP contribution in [0.1, 0.15) is 51.5 Å². The summed E-state index contributed by atoms with van der Waals surface area (Å²) in [6.07, 6.45) is 6.00. The standard InChI is InChI=1S/C18H27FN2O.ClH/c1-18(2,14-8-10-15(19)11-9-14)17(22)21-16(12-20)13-6-4-3-5-7-13;/h8-11,13,16H,3-7,12,20H2,1-2H3,(H,21,22);1H. The molecule has 3 nitrogen and oxygen atoms in total. The first-order valence-electron chi connectivity index (χ1n) is 8.22. The molecule has 1 fully saturated rings. The van der Waals surface area contributed by atoms with Gasteiger partial charge in [-0.25, -0.2) is 4.39 Å². The highest BCUT2D eigenvalue weighted by atomic mass is 35.5. The van der Waals surface area contributed by atoms with Crippen molar-refractivity contribution in [2.45, 2.75) is 57.4 Å². The van der Waals surface area contributed by atoms with Crippen LogP contribution in [-0.2, 0) is 10.2 Å². The van der Waals surface area contributed by atoms with E-state index in [1.165, 1.54) is 31.4 Å². The molecule has 130 valence electrons. The van der Waals surface area contributed by atoms with Crippen LogP contribution in [0.15, 0.2) is 24.3 Å². The highest BCUT2D eigenvalue weighted by Crippen LogP contribution is 2.28. The molecule has 1 saturated carbocycles. The Hall–Kier alpha value is -1.13. The molecule has 0 aliphatic heterocycles. The van der Waals surface area contributed by atoms with E-state index in [4.69, 9.17) is 5.73 Å². The topological polar surface area (TPSA) is 55.1 Å². The van der Waals surface area contributed by atoms with E-state index in [2.05, 4.69) is 5.32 Å². The van der Waals surface area contributed by atoms with E-state index < -0.39 is 5.41 Å². The number of hydrogen-bond donors (Lipinski definition) is 2. The minimum Gasteiger partial charge on any atom is -0.351 e. The Morgan fingerprint density at radius 2 is 1.83 bits per heavy atom. The Balaban J connectivity index is 0.00000264. The van der Waals surface area contributed by atoms with Crippen molar-refractivity contribution in [2.24, 2.45) is 11.7 Å². The molecule has 0 bridgehead atoms. The first-order chi connectivity index (χ1) is 10.4. The molecule has 0 saturated heterocycles. The van der Waals surface area contributed by atoms with Crippen molar-refractivity contribution in [2.75, 3.05) is 6.54 Å². The minimum atomic E-state index is -0.699. The van der Waals surface area contributed by atoms with Gasteiger partial charge in [0.05, 0.1) is 5.41 Å². The normalized spacial score (nSPS) is 17.2. The molecule has 1 amide bonds. The summed E-state index contributed by atoms with van der Waals surface area (Å²) in [6.45, 7) is 4.20. The van der Waals surface area contributed by atoms with E-state index in [-0.39, 0.29) is 30.2 Å². The third kappa shape index (κ3) is 4.92. The van der Waals surface area contributed by atoms with Crippen LogP contribution in [0.4, 0.5) is 4.39 Å². The zero-order chi connectivity index (χ0) is 16.2. The summed E-state index contributed by atoms with van der Waals surface area (Å²) in [5.41, 5.74) is 6.00. The van der Waals surface area contributed by atoms with Crippen molar-refractivity contribution in [1.82, 2.24) is 5.32 Å². The summed E-state index contributed by atoms with van der Waals surface area (Å²) < 4.78 is 13.1. The van der Waals surface area contributed by atoms with Crippen LogP contribution in [0, 0.1) is 11.7 Å². The van der Waals surface area contributed by atoms with Gasteiger partial charge >= 0.3 is 0 Å². The summed E-state index contributed by atoms with van der Waals surface area (Å²) in [4.78, 5) is 12.7. The van der Waals surface area contributed by atoms with Gasteiger partial charge in [0, 0.05) is 12.6 Å². The molecular weight excluding hydrogens is 315 g/mol. The molecule has 23 heavy (non-hydrogen) atoms. The number of benzene rings is 1. The molecule has 3 N–H and O–H groups in total. The lowest BCUT2D eigenvalue weighted by molar-refractivity contribution is -0.126. The maximum atomic E-state index is 13.1. The lowest BCUT2D eigenvalue weighted by Crippen LogP contribution is -2.51. The number of amides is 1. The maximum absolute atomic E-state index is 13.1. The fourth-order valence-electron chi connectivity index (χ4n) is 3.25. The Bertz CT molecular complexity index is 498. The molecular formula is C18H28ClFN2O. The highest BCUT2D eigenvalue weighted by molar-refractivity contribution is 5.87. The van der Waals surface area contributed by atoms with Crippen molar-refractivity contribution in [1.29, 1.82) is 0 Å². The lowest BCUT2D eigenvalue weighted by Gasteiger charge is -2.33. The van der Waals surface area contributed by atoms with Gasteiger partial charge in [-0.05, 0) is 50.3 Å². The van der Waals surface area contributed by atoms with Gasteiger partial charge < -0.3 is 11.1 Å². The number of carbonyl (C=O) groups is 1. The molecule has 5 heteroatoms. The molecule has 1 aromatic rings. The van der Waals surface area contributed by atoms with E-state index in [1.807, 2.05) is 13.8 Å². The Morgan fingerprint density at radius 1 is 1.26 bits per heavy atom. The summed E-state index contributed by atoms with van der Waals surface area (Å²) in [6, 6.07) is 6.17. The quantitative estimate of drug-likeness (QED) is 0.859. The summed E-state index contributed by atoms with van der Waals surface area (Å²) in [5.74, 6) is 0.147. The third-order valence-electron chi connectivity index (χ3n) is 4.92. The highest BCUT2D eigenvalue weighted by Gasteiger charge is 2.33. The van der Waals surface area contributed by atoms with Crippen molar-refractivity contribution in [3.8, 4) is 0 Å². The molecule has 0 spiro atoms. The number of rotatable bonds is 5. The van der Waals surface area contributed by atoms with Gasteiger partial charge in [-0.1, -0.05) is 31.4 Å². The van der Waals surface area contributed by atoms with Gasteiger partial charge in [0.15, 0.2) is 0 Å². The first-order valence-corrected chi connectivity index (χ1v) is 8.22. The molecule has 1 unspecified atom stereocenters. The van der Waals surface area contributed by atoms with Crippen LogP contribution in [0.5, 0.6) is 0 Å². The van der Waals surface area contributed by atoms with Gasteiger partial charge in [-0.2, -0.15) is 0 Å². The van der Waals surface area contributed by atoms with Crippen molar-refractivity contribution >= 4 is 18.3 Å². The predicted molar refractivity (Wildman–Crippen MR) is 94.2 cm³/mol. The molecule has 1 aliphatic carbocycles. The first kappa shape index (κ1) is 19.9. The van der Waals surface area contributed by atoms with Crippen LogP contribution in [0.25, 0.3) is 0 Å². The fraction of sp³-hybridized carbons (Fsp3) is 0.611. The maximum Gasteiger partial charge on any atom is 0.230 e. The van der Waals surface area contributed by atoms with E-state index >= 15 is 0 Å². The van der Waals surface area contributed by atoms with Gasteiger partial charge in [0.1, 0.15) is 5.82 Å². The van der Waals surface area contributed by atoms with Crippen LogP contribution in [-0.4, -0.2) is 18.5 Å². The Labute approximate surface area is 144 Å². The van der Waals surface area contributed by atoms with Gasteiger partial charge in [-0.3, -0.25) is 4.79 Å². The fourth-order valence-corrected chi connectivity index (χ4v) is 3.25. The second-order valence-electron chi connectivity index (χ2n) is 6.85. The monoisotopic (exact) mass is 342 g/mol. The van der Waals surface area contributed by atoms with E-state index in [9.17, 15) is 9.18 Å². The number of halogens is 2. The molecule has 2 rings (SSSR count). The summed E-state index contributed by atoms with van der Waals surface area (Å²) >= 11 is 0. The number of nitrogens with one attached hydrogen (secondary N) is 1. The van der Waals surface area contributed by atoms with Gasteiger partial charge in [0.25, 0.3) is 0 Å². The van der Waals surface area contributed by atoms with Gasteiger partial charge in [0.2, 0.25) is 5.91 Å². The summed E-state index contributed by atoms with van der Waals surface area (Å²) in [5, 5.41) is 3.13. The third-order valence-corrected chi connectivity index (χ3v) is 4.92. The molecule has 1 aliphatic rings. The predicted octanol–water partition coefficient (Wildman–Crippen LogP) is 3.55. The second-order valence-corrected chi connectivity index (χ2v) is 6.85. The SMILES string of the molecule is CC(C)(C(=O)NC(CN)C1CCCCC1)c1ccc(F)cc1.Cl. The second kappa shape index (κ2) is 8.65. The number of hydrogen-bond acceptors (Lipinski definition) is 2. The van der Waals surface area contributed by atoms with Crippen molar-refractivity contribution in [3.05, 3.63) is 35.6 Å². The van der Waals surface area contributed by atoms with Crippen LogP contribution < -0.4 is 11.1 Å². The number of nitrogens with two attached hydrogens (primary N) is 1. The van der Waals surface area contributed by atoms with Crippen LogP contribution in [0.3, 0.4) is 0 Å². The van der Waals surface area contributed by atoms with E-state index in [0.29, 0.717) is 12.5 Å².